The first-order valence-electron chi connectivity index (χ1n) is 5.02. The maximum absolute atomic E-state index is 10.8. The lowest BCUT2D eigenvalue weighted by Gasteiger charge is -1.97. The Morgan fingerprint density at radius 2 is 1.75 bits per heavy atom. The molecule has 16 heavy (non-hydrogen) atoms. The number of pyridine rings is 1. The minimum Gasteiger partial charge on any atom is -0.298 e. The fraction of sp³-hybridized carbons (Fsp3) is 0. The van der Waals surface area contributed by atoms with Crippen LogP contribution in [-0.4, -0.2) is 11.3 Å². The van der Waals surface area contributed by atoms with Crippen molar-refractivity contribution in [3.8, 4) is 0 Å². The fourth-order valence-electron chi connectivity index (χ4n) is 1.43. The molecule has 0 aliphatic heterocycles. The number of nitrogens with zero attached hydrogens (tertiary/aromatic N) is 1. The predicted molar refractivity (Wildman–Crippen MR) is 65.0 cm³/mol. The van der Waals surface area contributed by atoms with Gasteiger partial charge < -0.3 is 0 Å². The summed E-state index contributed by atoms with van der Waals surface area (Å²) < 4.78 is 0. The zero-order chi connectivity index (χ0) is 11.2. The minimum atomic E-state index is 0.697. The molecule has 0 bridgehead atoms. The van der Waals surface area contributed by atoms with Gasteiger partial charge in [0.05, 0.1) is 0 Å². The zero-order valence-corrected chi connectivity index (χ0v) is 8.71. The Hall–Kier alpha value is -2.22. The molecule has 2 aromatic rings. The van der Waals surface area contributed by atoms with E-state index < -0.39 is 0 Å². The lowest BCUT2D eigenvalue weighted by molar-refractivity contribution is 0.112. The molecule has 1 aromatic carbocycles. The highest BCUT2D eigenvalue weighted by atomic mass is 16.1. The van der Waals surface area contributed by atoms with Crippen molar-refractivity contribution in [3.05, 3.63) is 65.5 Å². The van der Waals surface area contributed by atoms with Crippen LogP contribution in [0.2, 0.25) is 0 Å². The van der Waals surface area contributed by atoms with Gasteiger partial charge >= 0.3 is 0 Å². The first-order chi connectivity index (χ1) is 7.90. The SMILES string of the molecule is O=Cc1ccccc1/C=C/c1cccnc1. The maximum atomic E-state index is 10.8. The summed E-state index contributed by atoms with van der Waals surface area (Å²) in [6, 6.07) is 11.3. The van der Waals surface area contributed by atoms with Crippen LogP contribution in [0.4, 0.5) is 0 Å². The van der Waals surface area contributed by atoms with E-state index in [0.29, 0.717) is 5.56 Å². The number of aromatic nitrogens is 1. The highest BCUT2D eigenvalue weighted by Gasteiger charge is 1.95. The molecule has 0 amide bonds. The van der Waals surface area contributed by atoms with Gasteiger partial charge in [-0.1, -0.05) is 42.5 Å². The summed E-state index contributed by atoms with van der Waals surface area (Å²) in [5, 5.41) is 0. The first-order valence-corrected chi connectivity index (χ1v) is 5.02. The molecule has 0 N–H and O–H groups in total. The molecule has 78 valence electrons. The van der Waals surface area contributed by atoms with Crippen LogP contribution in [0.5, 0.6) is 0 Å². The molecule has 0 spiro atoms. The van der Waals surface area contributed by atoms with E-state index in [1.165, 1.54) is 0 Å². The van der Waals surface area contributed by atoms with Gasteiger partial charge in [-0.3, -0.25) is 9.78 Å². The van der Waals surface area contributed by atoms with Crippen molar-refractivity contribution in [2.24, 2.45) is 0 Å². The topological polar surface area (TPSA) is 30.0 Å². The average Bonchev–Trinajstić information content (AvgIpc) is 2.38. The number of hydrogen-bond acceptors (Lipinski definition) is 2. The molecule has 2 rings (SSSR count). The number of benzene rings is 1. The smallest absolute Gasteiger partial charge is 0.150 e. The van der Waals surface area contributed by atoms with E-state index >= 15 is 0 Å². The quantitative estimate of drug-likeness (QED) is 0.727. The summed E-state index contributed by atoms with van der Waals surface area (Å²) in [5.41, 5.74) is 2.63. The van der Waals surface area contributed by atoms with E-state index in [9.17, 15) is 4.79 Å². The number of rotatable bonds is 3. The van der Waals surface area contributed by atoms with Gasteiger partial charge in [-0.15, -0.1) is 0 Å². The summed E-state index contributed by atoms with van der Waals surface area (Å²) in [6.07, 6.45) is 8.23. The van der Waals surface area contributed by atoms with Gasteiger partial charge in [-0.2, -0.15) is 0 Å². The van der Waals surface area contributed by atoms with Gasteiger partial charge in [0.25, 0.3) is 0 Å². The highest BCUT2D eigenvalue weighted by Crippen LogP contribution is 2.10. The standard InChI is InChI=1S/C14H11NO/c16-11-14-6-2-1-5-13(14)8-7-12-4-3-9-15-10-12/h1-11H/b8-7+. The van der Waals surface area contributed by atoms with E-state index in [1.807, 2.05) is 42.5 Å². The average molecular weight is 209 g/mol. The Labute approximate surface area is 94.3 Å². The van der Waals surface area contributed by atoms with Crippen LogP contribution in [0.25, 0.3) is 12.2 Å². The Morgan fingerprint density at radius 1 is 0.938 bits per heavy atom. The van der Waals surface area contributed by atoms with Crippen LogP contribution in [0.3, 0.4) is 0 Å². The number of aldehydes is 1. The molecular weight excluding hydrogens is 198 g/mol. The minimum absolute atomic E-state index is 0.697. The monoisotopic (exact) mass is 209 g/mol. The number of carbonyl (C=O) groups is 1. The maximum Gasteiger partial charge on any atom is 0.150 e. The van der Waals surface area contributed by atoms with Crippen LogP contribution in [0.1, 0.15) is 21.5 Å². The van der Waals surface area contributed by atoms with E-state index in [0.717, 1.165) is 17.4 Å². The third kappa shape index (κ3) is 2.42. The lowest BCUT2D eigenvalue weighted by atomic mass is 10.1. The summed E-state index contributed by atoms with van der Waals surface area (Å²) in [6.45, 7) is 0. The van der Waals surface area contributed by atoms with Gasteiger partial charge in [0.2, 0.25) is 0 Å². The molecule has 0 saturated carbocycles. The van der Waals surface area contributed by atoms with E-state index in [-0.39, 0.29) is 0 Å². The third-order valence-electron chi connectivity index (χ3n) is 2.26. The molecule has 0 unspecified atom stereocenters. The van der Waals surface area contributed by atoms with Gasteiger partial charge in [0, 0.05) is 18.0 Å². The van der Waals surface area contributed by atoms with Crippen molar-refractivity contribution in [1.82, 2.24) is 4.98 Å². The Morgan fingerprint density at radius 3 is 2.44 bits per heavy atom. The zero-order valence-electron chi connectivity index (χ0n) is 8.71. The first kappa shape index (κ1) is 10.3. The Bertz CT molecular complexity index is 503. The van der Waals surface area contributed by atoms with Gasteiger partial charge in [-0.05, 0) is 17.2 Å². The molecule has 0 aliphatic rings. The van der Waals surface area contributed by atoms with Crippen molar-refractivity contribution in [1.29, 1.82) is 0 Å². The molecule has 1 heterocycles. The van der Waals surface area contributed by atoms with Crippen molar-refractivity contribution in [2.75, 3.05) is 0 Å². The number of carbonyl (C=O) groups excluding carboxylic acids is 1. The number of hydrogen-bond donors (Lipinski definition) is 0. The summed E-state index contributed by atoms with van der Waals surface area (Å²) >= 11 is 0. The summed E-state index contributed by atoms with van der Waals surface area (Å²) in [7, 11) is 0. The van der Waals surface area contributed by atoms with Crippen molar-refractivity contribution in [3.63, 3.8) is 0 Å². The second-order valence-electron chi connectivity index (χ2n) is 3.37. The second-order valence-corrected chi connectivity index (χ2v) is 3.37. The second kappa shape index (κ2) is 5.03. The normalized spacial score (nSPS) is 10.5. The molecule has 0 saturated heterocycles. The lowest BCUT2D eigenvalue weighted by Crippen LogP contribution is -1.84. The summed E-state index contributed by atoms with van der Waals surface area (Å²) in [5.74, 6) is 0. The summed E-state index contributed by atoms with van der Waals surface area (Å²) in [4.78, 5) is 14.8. The van der Waals surface area contributed by atoms with Gasteiger partial charge in [-0.25, -0.2) is 0 Å². The predicted octanol–water partition coefficient (Wildman–Crippen LogP) is 3.06. The molecule has 0 radical (unpaired) electrons. The highest BCUT2D eigenvalue weighted by molar-refractivity contribution is 5.84. The molecule has 0 aliphatic carbocycles. The van der Waals surface area contributed by atoms with E-state index in [2.05, 4.69) is 4.98 Å². The molecule has 2 nitrogen and oxygen atoms in total. The largest absolute Gasteiger partial charge is 0.298 e. The molecular formula is C14H11NO. The Balaban J connectivity index is 2.27. The molecule has 0 atom stereocenters. The Kier molecular flexibility index (Phi) is 3.24. The fourth-order valence-corrected chi connectivity index (χ4v) is 1.43. The van der Waals surface area contributed by atoms with Crippen LogP contribution in [0.15, 0.2) is 48.8 Å². The van der Waals surface area contributed by atoms with Crippen LogP contribution in [0, 0.1) is 0 Å². The van der Waals surface area contributed by atoms with Crippen LogP contribution >= 0.6 is 0 Å². The molecule has 1 aromatic heterocycles. The van der Waals surface area contributed by atoms with Gasteiger partial charge in [0.15, 0.2) is 6.29 Å². The molecule has 0 fully saturated rings. The van der Waals surface area contributed by atoms with E-state index in [1.54, 1.807) is 18.5 Å². The van der Waals surface area contributed by atoms with Crippen LogP contribution in [-0.2, 0) is 0 Å². The van der Waals surface area contributed by atoms with Crippen LogP contribution < -0.4 is 0 Å². The van der Waals surface area contributed by atoms with E-state index in [4.69, 9.17) is 0 Å². The van der Waals surface area contributed by atoms with Crippen molar-refractivity contribution >= 4 is 18.4 Å². The van der Waals surface area contributed by atoms with Crippen molar-refractivity contribution in [2.45, 2.75) is 0 Å². The molecule has 2 heteroatoms. The van der Waals surface area contributed by atoms with Crippen molar-refractivity contribution < 1.29 is 4.79 Å². The third-order valence-corrected chi connectivity index (χ3v) is 2.26. The van der Waals surface area contributed by atoms with Gasteiger partial charge in [0.1, 0.15) is 0 Å².